The first-order valence-corrected chi connectivity index (χ1v) is 12.1. The SMILES string of the molecule is COc1cccc(NC(=O)c2ccc(-c3ccc(S(=O)(=O)NCc4ccccc4)cc3)cc2)c1. The number of carbonyl (C=O) groups is 1. The van der Waals surface area contributed by atoms with E-state index >= 15 is 0 Å². The van der Waals surface area contributed by atoms with Crippen molar-refractivity contribution in [2.75, 3.05) is 12.4 Å². The largest absolute Gasteiger partial charge is 0.497 e. The second kappa shape index (κ2) is 10.3. The van der Waals surface area contributed by atoms with Crippen LogP contribution in [-0.4, -0.2) is 21.4 Å². The van der Waals surface area contributed by atoms with Gasteiger partial charge in [-0.2, -0.15) is 0 Å². The Morgan fingerprint density at radius 3 is 2.09 bits per heavy atom. The molecule has 172 valence electrons. The number of hydrogen-bond donors (Lipinski definition) is 2. The van der Waals surface area contributed by atoms with Gasteiger partial charge >= 0.3 is 0 Å². The summed E-state index contributed by atoms with van der Waals surface area (Å²) < 4.78 is 33.0. The van der Waals surface area contributed by atoms with E-state index in [2.05, 4.69) is 10.0 Å². The fourth-order valence-corrected chi connectivity index (χ4v) is 4.42. The molecule has 0 aromatic heterocycles. The van der Waals surface area contributed by atoms with Gasteiger partial charge in [-0.15, -0.1) is 0 Å². The molecular weight excluding hydrogens is 448 g/mol. The second-order valence-electron chi connectivity index (χ2n) is 7.60. The Bertz CT molecular complexity index is 1370. The summed E-state index contributed by atoms with van der Waals surface area (Å²) in [6.07, 6.45) is 0. The minimum atomic E-state index is -3.62. The molecule has 0 aliphatic heterocycles. The summed E-state index contributed by atoms with van der Waals surface area (Å²) in [5.74, 6) is 0.430. The molecule has 4 aromatic carbocycles. The van der Waals surface area contributed by atoms with E-state index < -0.39 is 10.0 Å². The first-order chi connectivity index (χ1) is 16.4. The van der Waals surface area contributed by atoms with Crippen LogP contribution in [0, 0.1) is 0 Å². The summed E-state index contributed by atoms with van der Waals surface area (Å²) in [7, 11) is -2.05. The van der Waals surface area contributed by atoms with Crippen LogP contribution in [0.15, 0.2) is 108 Å². The summed E-state index contributed by atoms with van der Waals surface area (Å²) in [6.45, 7) is 0.226. The molecular formula is C27H24N2O4S. The van der Waals surface area contributed by atoms with E-state index in [4.69, 9.17) is 4.74 Å². The van der Waals surface area contributed by atoms with E-state index in [-0.39, 0.29) is 17.3 Å². The normalized spacial score (nSPS) is 11.1. The van der Waals surface area contributed by atoms with Crippen molar-refractivity contribution in [1.82, 2.24) is 4.72 Å². The van der Waals surface area contributed by atoms with Crippen molar-refractivity contribution in [2.45, 2.75) is 11.4 Å². The van der Waals surface area contributed by atoms with Crippen LogP contribution in [0.2, 0.25) is 0 Å². The summed E-state index contributed by atoms with van der Waals surface area (Å²) >= 11 is 0. The van der Waals surface area contributed by atoms with Gasteiger partial charge in [-0.05, 0) is 53.1 Å². The lowest BCUT2D eigenvalue weighted by atomic mass is 10.0. The van der Waals surface area contributed by atoms with Crippen LogP contribution < -0.4 is 14.8 Å². The minimum Gasteiger partial charge on any atom is -0.497 e. The van der Waals surface area contributed by atoms with Gasteiger partial charge in [0.15, 0.2) is 0 Å². The van der Waals surface area contributed by atoms with Crippen LogP contribution in [0.5, 0.6) is 5.75 Å². The smallest absolute Gasteiger partial charge is 0.255 e. The molecule has 2 N–H and O–H groups in total. The van der Waals surface area contributed by atoms with E-state index in [1.54, 1.807) is 67.8 Å². The first kappa shape index (κ1) is 23.2. The third kappa shape index (κ3) is 5.70. The maximum absolute atomic E-state index is 12.6. The zero-order chi connectivity index (χ0) is 24.0. The Morgan fingerprint density at radius 2 is 1.44 bits per heavy atom. The van der Waals surface area contributed by atoms with Crippen LogP contribution >= 0.6 is 0 Å². The molecule has 0 saturated carbocycles. The Kier molecular flexibility index (Phi) is 7.06. The molecule has 0 fully saturated rings. The predicted octanol–water partition coefficient (Wildman–Crippen LogP) is 5.09. The van der Waals surface area contributed by atoms with Gasteiger partial charge in [0.25, 0.3) is 5.91 Å². The molecule has 0 heterocycles. The number of sulfonamides is 1. The number of carbonyl (C=O) groups excluding carboxylic acids is 1. The van der Waals surface area contributed by atoms with Crippen molar-refractivity contribution in [3.05, 3.63) is 114 Å². The number of methoxy groups -OCH3 is 1. The highest BCUT2D eigenvalue weighted by atomic mass is 32.2. The average Bonchev–Trinajstić information content (AvgIpc) is 2.88. The molecule has 6 nitrogen and oxygen atoms in total. The van der Waals surface area contributed by atoms with Crippen LogP contribution in [0.25, 0.3) is 11.1 Å². The molecule has 0 unspecified atom stereocenters. The zero-order valence-corrected chi connectivity index (χ0v) is 19.4. The van der Waals surface area contributed by atoms with Gasteiger partial charge in [-0.3, -0.25) is 4.79 Å². The molecule has 0 atom stereocenters. The third-order valence-corrected chi connectivity index (χ3v) is 6.70. The predicted molar refractivity (Wildman–Crippen MR) is 133 cm³/mol. The van der Waals surface area contributed by atoms with Gasteiger partial charge in [0.05, 0.1) is 12.0 Å². The lowest BCUT2D eigenvalue weighted by Gasteiger charge is -2.09. The number of nitrogens with one attached hydrogen (secondary N) is 2. The maximum atomic E-state index is 12.6. The van der Waals surface area contributed by atoms with Crippen LogP contribution in [0.1, 0.15) is 15.9 Å². The summed E-state index contributed by atoms with van der Waals surface area (Å²) in [6, 6.07) is 30.3. The molecule has 4 aromatic rings. The van der Waals surface area contributed by atoms with E-state index in [0.29, 0.717) is 17.0 Å². The number of ether oxygens (including phenoxy) is 1. The van der Waals surface area contributed by atoms with Crippen molar-refractivity contribution >= 4 is 21.6 Å². The highest BCUT2D eigenvalue weighted by Crippen LogP contribution is 2.23. The van der Waals surface area contributed by atoms with Gasteiger partial charge in [0, 0.05) is 23.9 Å². The Balaban J connectivity index is 1.42. The standard InChI is InChI=1S/C27H24N2O4S/c1-33-25-9-5-8-24(18-25)29-27(30)23-12-10-21(11-13-23)22-14-16-26(17-15-22)34(31,32)28-19-20-6-3-2-4-7-20/h2-18,28H,19H2,1H3,(H,29,30). The monoisotopic (exact) mass is 472 g/mol. The molecule has 4 rings (SSSR count). The fraction of sp³-hybridized carbons (Fsp3) is 0.0741. The van der Waals surface area contributed by atoms with E-state index in [9.17, 15) is 13.2 Å². The zero-order valence-electron chi connectivity index (χ0n) is 18.6. The lowest BCUT2D eigenvalue weighted by Crippen LogP contribution is -2.23. The highest BCUT2D eigenvalue weighted by molar-refractivity contribution is 7.89. The van der Waals surface area contributed by atoms with E-state index in [1.807, 2.05) is 42.5 Å². The first-order valence-electron chi connectivity index (χ1n) is 10.6. The van der Waals surface area contributed by atoms with Crippen LogP contribution in [0.3, 0.4) is 0 Å². The topological polar surface area (TPSA) is 84.5 Å². The van der Waals surface area contributed by atoms with Gasteiger partial charge in [0.1, 0.15) is 5.75 Å². The number of anilines is 1. The lowest BCUT2D eigenvalue weighted by molar-refractivity contribution is 0.102. The van der Waals surface area contributed by atoms with Gasteiger partial charge in [-0.1, -0.05) is 60.7 Å². The van der Waals surface area contributed by atoms with Crippen molar-refractivity contribution in [2.24, 2.45) is 0 Å². The Labute approximate surface area is 199 Å². The van der Waals surface area contributed by atoms with Crippen LogP contribution in [-0.2, 0) is 16.6 Å². The van der Waals surface area contributed by atoms with Gasteiger partial charge in [0.2, 0.25) is 10.0 Å². The van der Waals surface area contributed by atoms with E-state index in [1.165, 1.54) is 0 Å². The van der Waals surface area contributed by atoms with E-state index in [0.717, 1.165) is 16.7 Å². The highest BCUT2D eigenvalue weighted by Gasteiger charge is 2.14. The van der Waals surface area contributed by atoms with Crippen molar-refractivity contribution in [3.8, 4) is 16.9 Å². The van der Waals surface area contributed by atoms with Crippen molar-refractivity contribution in [1.29, 1.82) is 0 Å². The Hall–Kier alpha value is -3.94. The molecule has 0 saturated heterocycles. The summed E-state index contributed by atoms with van der Waals surface area (Å²) in [5, 5.41) is 2.85. The van der Waals surface area contributed by atoms with Gasteiger partial charge in [-0.25, -0.2) is 13.1 Å². The van der Waals surface area contributed by atoms with Crippen LogP contribution in [0.4, 0.5) is 5.69 Å². The second-order valence-corrected chi connectivity index (χ2v) is 9.36. The number of rotatable bonds is 8. The Morgan fingerprint density at radius 1 is 0.794 bits per heavy atom. The summed E-state index contributed by atoms with van der Waals surface area (Å²) in [5.41, 5.74) is 3.76. The molecule has 0 bridgehead atoms. The van der Waals surface area contributed by atoms with Gasteiger partial charge < -0.3 is 10.1 Å². The molecule has 0 spiro atoms. The fourth-order valence-electron chi connectivity index (χ4n) is 3.40. The molecule has 0 radical (unpaired) electrons. The number of hydrogen-bond acceptors (Lipinski definition) is 4. The molecule has 0 aliphatic carbocycles. The molecule has 1 amide bonds. The number of benzene rings is 4. The maximum Gasteiger partial charge on any atom is 0.255 e. The minimum absolute atomic E-state index is 0.196. The van der Waals surface area contributed by atoms with Crippen molar-refractivity contribution in [3.63, 3.8) is 0 Å². The average molecular weight is 473 g/mol. The quantitative estimate of drug-likeness (QED) is 0.374. The summed E-state index contributed by atoms with van der Waals surface area (Å²) in [4.78, 5) is 12.8. The molecule has 0 aliphatic rings. The third-order valence-electron chi connectivity index (χ3n) is 5.28. The van der Waals surface area contributed by atoms with Crippen molar-refractivity contribution < 1.29 is 17.9 Å². The molecule has 34 heavy (non-hydrogen) atoms. The molecule has 7 heteroatoms. The number of amides is 1.